The van der Waals surface area contributed by atoms with E-state index in [9.17, 15) is 4.39 Å². The summed E-state index contributed by atoms with van der Waals surface area (Å²) in [6.45, 7) is 0.925. The highest BCUT2D eigenvalue weighted by molar-refractivity contribution is 6.30. The molecule has 0 spiro atoms. The van der Waals surface area contributed by atoms with E-state index in [4.69, 9.17) is 31.5 Å². The largest absolute Gasteiger partial charge is 0.484 e. The molecule has 1 fully saturated rings. The average molecular weight is 290 g/mol. The van der Waals surface area contributed by atoms with Crippen LogP contribution in [0.25, 0.3) is 0 Å². The van der Waals surface area contributed by atoms with Gasteiger partial charge in [-0.25, -0.2) is 4.39 Å². The van der Waals surface area contributed by atoms with E-state index in [1.165, 1.54) is 12.1 Å². The fraction of sp³-hybridized carbons (Fsp3) is 0.538. The lowest BCUT2D eigenvalue weighted by Gasteiger charge is -2.41. The predicted octanol–water partition coefficient (Wildman–Crippen LogP) is 1.99. The van der Waals surface area contributed by atoms with E-state index in [-0.39, 0.29) is 29.0 Å². The van der Waals surface area contributed by atoms with Crippen LogP contribution in [0, 0.1) is 5.82 Å². The van der Waals surface area contributed by atoms with Crippen molar-refractivity contribution >= 4 is 11.6 Å². The third-order valence-electron chi connectivity index (χ3n) is 3.09. The molecule has 0 heterocycles. The van der Waals surface area contributed by atoms with E-state index in [1.807, 2.05) is 0 Å². The number of hydrogen-bond acceptors (Lipinski definition) is 4. The second-order valence-corrected chi connectivity index (χ2v) is 4.84. The molecule has 0 aliphatic heterocycles. The molecule has 1 aromatic carbocycles. The van der Waals surface area contributed by atoms with E-state index in [2.05, 4.69) is 0 Å². The van der Waals surface area contributed by atoms with Crippen LogP contribution in [0.1, 0.15) is 6.42 Å². The summed E-state index contributed by atoms with van der Waals surface area (Å²) in [5.41, 5.74) is 5.85. The molecule has 1 aliphatic rings. The summed E-state index contributed by atoms with van der Waals surface area (Å²) < 4.78 is 29.7. The Bertz CT molecular complexity index is 432. The highest BCUT2D eigenvalue weighted by Crippen LogP contribution is 2.31. The second kappa shape index (κ2) is 6.52. The summed E-state index contributed by atoms with van der Waals surface area (Å²) in [6, 6.07) is 4.56. The van der Waals surface area contributed by atoms with Gasteiger partial charge in [0.1, 0.15) is 12.2 Å². The molecule has 6 heteroatoms. The maximum absolute atomic E-state index is 13.7. The standard InChI is InChI=1S/C13H17ClFNO3/c1-17-5-6-18-13-9(16)7-11(13)19-10-4-2-3-8(14)12(10)15/h2-4,9,11,13H,5-7,16H2,1H3. The molecular weight excluding hydrogens is 273 g/mol. The van der Waals surface area contributed by atoms with Gasteiger partial charge in [-0.15, -0.1) is 0 Å². The van der Waals surface area contributed by atoms with Gasteiger partial charge in [0.25, 0.3) is 0 Å². The summed E-state index contributed by atoms with van der Waals surface area (Å²) in [4.78, 5) is 0. The highest BCUT2D eigenvalue weighted by atomic mass is 35.5. The summed E-state index contributed by atoms with van der Waals surface area (Å²) in [6.07, 6.45) is 0.136. The summed E-state index contributed by atoms with van der Waals surface area (Å²) >= 11 is 5.70. The molecule has 4 nitrogen and oxygen atoms in total. The smallest absolute Gasteiger partial charge is 0.183 e. The van der Waals surface area contributed by atoms with Crippen LogP contribution in [0.3, 0.4) is 0 Å². The van der Waals surface area contributed by atoms with Crippen molar-refractivity contribution in [2.45, 2.75) is 24.7 Å². The number of nitrogens with two attached hydrogens (primary N) is 1. The zero-order valence-corrected chi connectivity index (χ0v) is 11.4. The highest BCUT2D eigenvalue weighted by Gasteiger charge is 2.42. The Morgan fingerprint density at radius 3 is 2.89 bits per heavy atom. The zero-order valence-electron chi connectivity index (χ0n) is 10.6. The van der Waals surface area contributed by atoms with Crippen LogP contribution < -0.4 is 10.5 Å². The molecule has 2 rings (SSSR count). The quantitative estimate of drug-likeness (QED) is 0.814. The van der Waals surface area contributed by atoms with E-state index in [0.717, 1.165) is 0 Å². The molecule has 1 aromatic rings. The lowest BCUT2D eigenvalue weighted by Crippen LogP contribution is -2.59. The van der Waals surface area contributed by atoms with Crippen molar-refractivity contribution in [3.8, 4) is 5.75 Å². The summed E-state index contributed by atoms with van der Waals surface area (Å²) in [5.74, 6) is -0.426. The SMILES string of the molecule is COCCOC1C(N)CC1Oc1cccc(Cl)c1F. The lowest BCUT2D eigenvalue weighted by molar-refractivity contribution is -0.107. The average Bonchev–Trinajstić information content (AvgIpc) is 2.39. The van der Waals surface area contributed by atoms with Crippen LogP contribution in [-0.2, 0) is 9.47 Å². The van der Waals surface area contributed by atoms with Gasteiger partial charge in [-0.05, 0) is 12.1 Å². The van der Waals surface area contributed by atoms with E-state index >= 15 is 0 Å². The molecule has 1 aliphatic carbocycles. The van der Waals surface area contributed by atoms with Gasteiger partial charge in [0.15, 0.2) is 11.6 Å². The number of halogens is 2. The molecule has 106 valence electrons. The topological polar surface area (TPSA) is 53.7 Å². The number of methoxy groups -OCH3 is 1. The third kappa shape index (κ3) is 3.36. The first kappa shape index (κ1) is 14.5. The molecule has 3 unspecified atom stereocenters. The number of benzene rings is 1. The van der Waals surface area contributed by atoms with Crippen molar-refractivity contribution in [1.29, 1.82) is 0 Å². The maximum Gasteiger partial charge on any atom is 0.183 e. The minimum atomic E-state index is -0.555. The van der Waals surface area contributed by atoms with Crippen molar-refractivity contribution in [1.82, 2.24) is 0 Å². The van der Waals surface area contributed by atoms with Gasteiger partial charge in [-0.2, -0.15) is 0 Å². The van der Waals surface area contributed by atoms with Gasteiger partial charge in [-0.1, -0.05) is 17.7 Å². The number of hydrogen-bond donors (Lipinski definition) is 1. The Morgan fingerprint density at radius 2 is 2.21 bits per heavy atom. The molecule has 2 N–H and O–H groups in total. The van der Waals surface area contributed by atoms with Crippen molar-refractivity contribution in [3.63, 3.8) is 0 Å². The molecule has 0 aromatic heterocycles. The van der Waals surface area contributed by atoms with Gasteiger partial charge in [0.05, 0.1) is 18.2 Å². The number of ether oxygens (including phenoxy) is 3. The maximum atomic E-state index is 13.7. The Morgan fingerprint density at radius 1 is 1.42 bits per heavy atom. The molecule has 0 amide bonds. The van der Waals surface area contributed by atoms with Gasteiger partial charge in [-0.3, -0.25) is 0 Å². The fourth-order valence-electron chi connectivity index (χ4n) is 1.97. The van der Waals surface area contributed by atoms with Crippen molar-refractivity contribution in [3.05, 3.63) is 29.0 Å². The first-order valence-electron chi connectivity index (χ1n) is 6.10. The van der Waals surface area contributed by atoms with Crippen molar-refractivity contribution in [2.75, 3.05) is 20.3 Å². The van der Waals surface area contributed by atoms with E-state index < -0.39 is 5.82 Å². The Balaban J connectivity index is 1.93. The molecule has 0 saturated heterocycles. The molecule has 0 radical (unpaired) electrons. The second-order valence-electron chi connectivity index (χ2n) is 4.44. The van der Waals surface area contributed by atoms with Crippen molar-refractivity contribution in [2.24, 2.45) is 5.73 Å². The van der Waals surface area contributed by atoms with Crippen LogP contribution in [-0.4, -0.2) is 38.6 Å². The van der Waals surface area contributed by atoms with Gasteiger partial charge >= 0.3 is 0 Å². The Labute approximate surface area is 116 Å². The monoisotopic (exact) mass is 289 g/mol. The first-order valence-corrected chi connectivity index (χ1v) is 6.48. The zero-order chi connectivity index (χ0) is 13.8. The Kier molecular flexibility index (Phi) is 4.99. The van der Waals surface area contributed by atoms with Crippen LogP contribution >= 0.6 is 11.6 Å². The fourth-order valence-corrected chi connectivity index (χ4v) is 2.13. The van der Waals surface area contributed by atoms with Crippen LogP contribution in [0.2, 0.25) is 5.02 Å². The van der Waals surface area contributed by atoms with Gasteiger partial charge < -0.3 is 19.9 Å². The Hall–Kier alpha value is -0.880. The summed E-state index contributed by atoms with van der Waals surface area (Å²) in [7, 11) is 1.60. The predicted molar refractivity (Wildman–Crippen MR) is 70.0 cm³/mol. The molecule has 3 atom stereocenters. The molecular formula is C13H17ClFNO3. The normalized spacial score (nSPS) is 26.0. The van der Waals surface area contributed by atoms with Gasteiger partial charge in [0, 0.05) is 19.6 Å². The van der Waals surface area contributed by atoms with Crippen LogP contribution in [0.15, 0.2) is 18.2 Å². The molecule has 0 bridgehead atoms. The lowest BCUT2D eigenvalue weighted by atomic mass is 9.86. The van der Waals surface area contributed by atoms with E-state index in [0.29, 0.717) is 19.6 Å². The first-order chi connectivity index (χ1) is 9.13. The van der Waals surface area contributed by atoms with Crippen LogP contribution in [0.5, 0.6) is 5.75 Å². The molecule has 19 heavy (non-hydrogen) atoms. The van der Waals surface area contributed by atoms with Crippen molar-refractivity contribution < 1.29 is 18.6 Å². The molecule has 1 saturated carbocycles. The third-order valence-corrected chi connectivity index (χ3v) is 3.38. The summed E-state index contributed by atoms with van der Waals surface area (Å²) in [5, 5.41) is 0.0398. The van der Waals surface area contributed by atoms with Gasteiger partial charge in [0.2, 0.25) is 0 Å². The number of rotatable bonds is 6. The van der Waals surface area contributed by atoms with Crippen LogP contribution in [0.4, 0.5) is 4.39 Å². The van der Waals surface area contributed by atoms with E-state index in [1.54, 1.807) is 13.2 Å². The minimum Gasteiger partial charge on any atom is -0.484 e. The minimum absolute atomic E-state index is 0.0398.